The summed E-state index contributed by atoms with van der Waals surface area (Å²) in [6.07, 6.45) is 4.21. The quantitative estimate of drug-likeness (QED) is 0.695. The third-order valence-corrected chi connectivity index (χ3v) is 2.64. The van der Waals surface area contributed by atoms with Crippen LogP contribution in [0.15, 0.2) is 43.0 Å². The lowest BCUT2D eigenvalue weighted by atomic mass is 10.1. The van der Waals surface area contributed by atoms with Gasteiger partial charge in [-0.1, -0.05) is 36.4 Å². The van der Waals surface area contributed by atoms with Crippen LogP contribution in [0, 0.1) is 0 Å². The molecule has 82 valence electrons. The van der Waals surface area contributed by atoms with Crippen molar-refractivity contribution in [2.45, 2.75) is 38.8 Å². The molecule has 0 unspecified atom stereocenters. The summed E-state index contributed by atoms with van der Waals surface area (Å²) in [5.41, 5.74) is 1.35. The maximum absolute atomic E-state index is 3.74. The van der Waals surface area contributed by atoms with Gasteiger partial charge in [0.1, 0.15) is 0 Å². The van der Waals surface area contributed by atoms with Gasteiger partial charge in [-0.3, -0.25) is 0 Å². The fraction of sp³-hybridized carbons (Fsp3) is 0.429. The van der Waals surface area contributed by atoms with E-state index in [0.717, 1.165) is 12.8 Å². The molecule has 0 heterocycles. The van der Waals surface area contributed by atoms with Crippen molar-refractivity contribution in [2.24, 2.45) is 0 Å². The zero-order chi connectivity index (χ0) is 11.1. The Morgan fingerprint density at radius 1 is 1.27 bits per heavy atom. The molecule has 1 heteroatoms. The number of nitrogens with one attached hydrogen (secondary N) is 1. The van der Waals surface area contributed by atoms with Gasteiger partial charge in [-0.25, -0.2) is 0 Å². The van der Waals surface area contributed by atoms with Crippen molar-refractivity contribution >= 4 is 0 Å². The molecule has 1 rings (SSSR count). The Balaban J connectivity index is 2.41. The van der Waals surface area contributed by atoms with E-state index in [9.17, 15) is 0 Å². The van der Waals surface area contributed by atoms with E-state index >= 15 is 0 Å². The molecule has 15 heavy (non-hydrogen) atoms. The summed E-state index contributed by atoms with van der Waals surface area (Å²) >= 11 is 0. The first-order chi connectivity index (χ1) is 7.24. The van der Waals surface area contributed by atoms with E-state index in [1.807, 2.05) is 6.08 Å². The summed E-state index contributed by atoms with van der Waals surface area (Å²) < 4.78 is 0. The zero-order valence-electron chi connectivity index (χ0n) is 9.74. The Labute approximate surface area is 93.2 Å². The molecular formula is C14H21N. The molecule has 0 amide bonds. The first-order valence-electron chi connectivity index (χ1n) is 5.66. The minimum Gasteiger partial charge on any atom is -0.308 e. The predicted molar refractivity (Wildman–Crippen MR) is 66.9 cm³/mol. The van der Waals surface area contributed by atoms with Gasteiger partial charge in [-0.05, 0) is 32.3 Å². The summed E-state index contributed by atoms with van der Waals surface area (Å²) in [7, 11) is 0. The normalized spacial score (nSPS) is 14.5. The number of rotatable bonds is 6. The highest BCUT2D eigenvalue weighted by Gasteiger charge is 2.07. The molecule has 0 bridgehead atoms. The van der Waals surface area contributed by atoms with Crippen LogP contribution in [-0.4, -0.2) is 6.04 Å². The Kier molecular flexibility index (Phi) is 5.13. The Morgan fingerprint density at radius 2 is 1.93 bits per heavy atom. The molecule has 2 atom stereocenters. The van der Waals surface area contributed by atoms with Gasteiger partial charge in [-0.15, -0.1) is 6.58 Å². The Bertz CT molecular complexity index is 279. The van der Waals surface area contributed by atoms with Gasteiger partial charge in [0, 0.05) is 12.1 Å². The SMILES string of the molecule is C=CCC[C@@H](C)N[C@H](C)c1ccccc1. The topological polar surface area (TPSA) is 12.0 Å². The van der Waals surface area contributed by atoms with Crippen molar-refractivity contribution < 1.29 is 0 Å². The lowest BCUT2D eigenvalue weighted by Gasteiger charge is -2.19. The fourth-order valence-electron chi connectivity index (χ4n) is 1.72. The summed E-state index contributed by atoms with van der Waals surface area (Å²) in [6, 6.07) is 11.5. The van der Waals surface area contributed by atoms with Gasteiger partial charge in [-0.2, -0.15) is 0 Å². The Morgan fingerprint density at radius 3 is 2.53 bits per heavy atom. The van der Waals surface area contributed by atoms with Crippen LogP contribution in [0.1, 0.15) is 38.3 Å². The second kappa shape index (κ2) is 6.41. The minimum absolute atomic E-state index is 0.422. The average Bonchev–Trinajstić information content (AvgIpc) is 2.27. The molecule has 0 spiro atoms. The zero-order valence-corrected chi connectivity index (χ0v) is 9.74. The molecule has 0 saturated carbocycles. The first kappa shape index (κ1) is 12.0. The highest BCUT2D eigenvalue weighted by Crippen LogP contribution is 2.13. The van der Waals surface area contributed by atoms with E-state index in [-0.39, 0.29) is 0 Å². The Hall–Kier alpha value is -1.08. The molecule has 0 saturated heterocycles. The standard InChI is InChI=1S/C14H21N/c1-4-5-9-12(2)15-13(3)14-10-7-6-8-11-14/h4,6-8,10-13,15H,1,5,9H2,2-3H3/t12-,13-/m1/s1. The second-order valence-corrected chi connectivity index (χ2v) is 4.07. The maximum atomic E-state index is 3.74. The monoisotopic (exact) mass is 203 g/mol. The lowest BCUT2D eigenvalue weighted by molar-refractivity contribution is 0.459. The molecule has 1 aromatic carbocycles. The molecule has 1 nitrogen and oxygen atoms in total. The highest BCUT2D eigenvalue weighted by atomic mass is 14.9. The molecular weight excluding hydrogens is 182 g/mol. The maximum Gasteiger partial charge on any atom is 0.0294 e. The minimum atomic E-state index is 0.422. The molecule has 0 aliphatic heterocycles. The average molecular weight is 203 g/mol. The predicted octanol–water partition coefficient (Wildman–Crippen LogP) is 3.69. The summed E-state index contributed by atoms with van der Waals surface area (Å²) in [6.45, 7) is 8.18. The van der Waals surface area contributed by atoms with Crippen LogP contribution in [-0.2, 0) is 0 Å². The number of allylic oxidation sites excluding steroid dienone is 1. The van der Waals surface area contributed by atoms with Gasteiger partial charge in [0.15, 0.2) is 0 Å². The van der Waals surface area contributed by atoms with Crippen LogP contribution >= 0.6 is 0 Å². The van der Waals surface area contributed by atoms with Gasteiger partial charge >= 0.3 is 0 Å². The van der Waals surface area contributed by atoms with Crippen LogP contribution in [0.2, 0.25) is 0 Å². The fourth-order valence-corrected chi connectivity index (χ4v) is 1.72. The van der Waals surface area contributed by atoms with Crippen molar-refractivity contribution in [3.8, 4) is 0 Å². The smallest absolute Gasteiger partial charge is 0.0294 e. The molecule has 1 aromatic rings. The highest BCUT2D eigenvalue weighted by molar-refractivity contribution is 5.18. The van der Waals surface area contributed by atoms with E-state index in [4.69, 9.17) is 0 Å². The summed E-state index contributed by atoms with van der Waals surface area (Å²) in [4.78, 5) is 0. The second-order valence-electron chi connectivity index (χ2n) is 4.07. The lowest BCUT2D eigenvalue weighted by Crippen LogP contribution is -2.28. The first-order valence-corrected chi connectivity index (χ1v) is 5.66. The molecule has 1 N–H and O–H groups in total. The van der Waals surface area contributed by atoms with Crippen LogP contribution in [0.4, 0.5) is 0 Å². The van der Waals surface area contributed by atoms with Crippen LogP contribution in [0.5, 0.6) is 0 Å². The number of hydrogen-bond donors (Lipinski definition) is 1. The van der Waals surface area contributed by atoms with E-state index in [1.165, 1.54) is 5.56 Å². The van der Waals surface area contributed by atoms with Crippen LogP contribution in [0.25, 0.3) is 0 Å². The third-order valence-electron chi connectivity index (χ3n) is 2.64. The van der Waals surface area contributed by atoms with Gasteiger partial charge in [0.25, 0.3) is 0 Å². The van der Waals surface area contributed by atoms with Gasteiger partial charge < -0.3 is 5.32 Å². The van der Waals surface area contributed by atoms with Crippen LogP contribution in [0.3, 0.4) is 0 Å². The molecule has 0 aliphatic rings. The molecule has 0 fully saturated rings. The van der Waals surface area contributed by atoms with E-state index < -0.39 is 0 Å². The molecule has 0 aromatic heterocycles. The largest absolute Gasteiger partial charge is 0.308 e. The van der Waals surface area contributed by atoms with Crippen molar-refractivity contribution in [3.05, 3.63) is 48.6 Å². The van der Waals surface area contributed by atoms with Crippen molar-refractivity contribution in [2.75, 3.05) is 0 Å². The number of benzene rings is 1. The van der Waals surface area contributed by atoms with Crippen molar-refractivity contribution in [3.63, 3.8) is 0 Å². The van der Waals surface area contributed by atoms with E-state index in [1.54, 1.807) is 0 Å². The van der Waals surface area contributed by atoms with Gasteiger partial charge in [0.05, 0.1) is 0 Å². The summed E-state index contributed by atoms with van der Waals surface area (Å²) in [5.74, 6) is 0. The van der Waals surface area contributed by atoms with Crippen LogP contribution < -0.4 is 5.32 Å². The van der Waals surface area contributed by atoms with Gasteiger partial charge in [0.2, 0.25) is 0 Å². The molecule has 0 radical (unpaired) electrons. The van der Waals surface area contributed by atoms with E-state index in [0.29, 0.717) is 12.1 Å². The van der Waals surface area contributed by atoms with E-state index in [2.05, 4.69) is 56.1 Å². The van der Waals surface area contributed by atoms with Crippen molar-refractivity contribution in [1.29, 1.82) is 0 Å². The number of hydrogen-bond acceptors (Lipinski definition) is 1. The summed E-state index contributed by atoms with van der Waals surface area (Å²) in [5, 5.41) is 3.58. The van der Waals surface area contributed by atoms with Crippen molar-refractivity contribution in [1.82, 2.24) is 5.32 Å². The third kappa shape index (κ3) is 4.30. The molecule has 0 aliphatic carbocycles.